The molecule has 0 radical (unpaired) electrons. The predicted molar refractivity (Wildman–Crippen MR) is 68.3 cm³/mol. The maximum atomic E-state index is 11.5. The summed E-state index contributed by atoms with van der Waals surface area (Å²) in [6, 6.07) is 0. The normalized spacial score (nSPS) is 18.6. The number of nitrogens with two attached hydrogens (primary N) is 1. The van der Waals surface area contributed by atoms with Crippen molar-refractivity contribution in [2.75, 3.05) is 5.32 Å². The fourth-order valence-electron chi connectivity index (χ4n) is 2.26. The van der Waals surface area contributed by atoms with Crippen molar-refractivity contribution in [2.45, 2.75) is 33.1 Å². The Bertz CT molecular complexity index is 479. The molecule has 4 nitrogen and oxygen atoms in total. The molecule has 1 aliphatic rings. The van der Waals surface area contributed by atoms with Crippen molar-refractivity contribution < 1.29 is 9.59 Å². The van der Waals surface area contributed by atoms with Gasteiger partial charge in [-0.25, -0.2) is 0 Å². The highest BCUT2D eigenvalue weighted by Gasteiger charge is 2.26. The fourth-order valence-corrected chi connectivity index (χ4v) is 3.72. The zero-order valence-corrected chi connectivity index (χ0v) is 10.8. The van der Waals surface area contributed by atoms with E-state index in [4.69, 9.17) is 5.73 Å². The number of thiophene rings is 1. The summed E-state index contributed by atoms with van der Waals surface area (Å²) < 4.78 is 0. The van der Waals surface area contributed by atoms with Crippen LogP contribution < -0.4 is 11.1 Å². The van der Waals surface area contributed by atoms with Gasteiger partial charge in [0.2, 0.25) is 5.91 Å². The number of carbonyl (C=O) groups excluding carboxylic acids is 2. The Hall–Kier alpha value is -1.36. The van der Waals surface area contributed by atoms with Crippen LogP contribution in [-0.2, 0) is 17.6 Å². The average Bonchev–Trinajstić information content (AvgIpc) is 2.53. The molecule has 0 fully saturated rings. The summed E-state index contributed by atoms with van der Waals surface area (Å²) in [7, 11) is 0. The quantitative estimate of drug-likeness (QED) is 0.844. The lowest BCUT2D eigenvalue weighted by Crippen LogP contribution is -2.18. The van der Waals surface area contributed by atoms with E-state index in [0.29, 0.717) is 16.5 Å². The molecule has 1 aromatic rings. The Morgan fingerprint density at radius 2 is 2.18 bits per heavy atom. The van der Waals surface area contributed by atoms with Crippen molar-refractivity contribution >= 4 is 28.2 Å². The van der Waals surface area contributed by atoms with Crippen LogP contribution in [0.1, 0.15) is 41.1 Å². The number of primary amides is 1. The lowest BCUT2D eigenvalue weighted by atomic mass is 9.88. The smallest absolute Gasteiger partial charge is 0.251 e. The topological polar surface area (TPSA) is 72.2 Å². The molecule has 0 spiro atoms. The molecular formula is C12H16N2O2S. The molecule has 0 aliphatic heterocycles. The van der Waals surface area contributed by atoms with E-state index >= 15 is 0 Å². The van der Waals surface area contributed by atoms with E-state index in [2.05, 4.69) is 12.2 Å². The standard InChI is InChI=1S/C12H16N2O2S/c1-6-3-4-8-9(5-6)17-12(14-7(2)15)10(8)11(13)16/h6H,3-5H2,1-2H3,(H2,13,16)(H,14,15). The number of rotatable bonds is 2. The number of carbonyl (C=O) groups is 2. The number of fused-ring (bicyclic) bond motifs is 1. The van der Waals surface area contributed by atoms with Crippen LogP contribution >= 0.6 is 11.3 Å². The van der Waals surface area contributed by atoms with Gasteiger partial charge in [0.15, 0.2) is 0 Å². The van der Waals surface area contributed by atoms with Gasteiger partial charge < -0.3 is 11.1 Å². The molecule has 5 heteroatoms. The Labute approximate surface area is 104 Å². The molecule has 92 valence electrons. The van der Waals surface area contributed by atoms with Gasteiger partial charge in [-0.15, -0.1) is 11.3 Å². The molecule has 1 aliphatic carbocycles. The van der Waals surface area contributed by atoms with Gasteiger partial charge in [0.05, 0.1) is 5.56 Å². The molecule has 1 aromatic heterocycles. The average molecular weight is 252 g/mol. The van der Waals surface area contributed by atoms with Crippen LogP contribution in [0.5, 0.6) is 0 Å². The third kappa shape index (κ3) is 2.34. The number of nitrogens with one attached hydrogen (secondary N) is 1. The number of anilines is 1. The monoisotopic (exact) mass is 252 g/mol. The molecule has 0 saturated heterocycles. The van der Waals surface area contributed by atoms with Crippen molar-refractivity contribution in [3.63, 3.8) is 0 Å². The van der Waals surface area contributed by atoms with Gasteiger partial charge in [-0.1, -0.05) is 6.92 Å². The van der Waals surface area contributed by atoms with E-state index < -0.39 is 5.91 Å². The highest BCUT2D eigenvalue weighted by atomic mass is 32.1. The molecule has 1 heterocycles. The van der Waals surface area contributed by atoms with Gasteiger partial charge in [0, 0.05) is 11.8 Å². The summed E-state index contributed by atoms with van der Waals surface area (Å²) in [6.45, 7) is 3.64. The molecule has 17 heavy (non-hydrogen) atoms. The highest BCUT2D eigenvalue weighted by molar-refractivity contribution is 7.17. The van der Waals surface area contributed by atoms with Crippen LogP contribution in [0.4, 0.5) is 5.00 Å². The SMILES string of the molecule is CC(=O)Nc1sc2c(c1C(N)=O)CCC(C)C2. The predicted octanol–water partition coefficient (Wildman–Crippen LogP) is 1.93. The molecule has 0 saturated carbocycles. The van der Waals surface area contributed by atoms with Gasteiger partial charge in [-0.3, -0.25) is 9.59 Å². The van der Waals surface area contributed by atoms with Crippen molar-refractivity contribution in [1.29, 1.82) is 0 Å². The lowest BCUT2D eigenvalue weighted by Gasteiger charge is -2.18. The zero-order valence-electron chi connectivity index (χ0n) is 10.0. The molecule has 2 rings (SSSR count). The Morgan fingerprint density at radius 3 is 2.76 bits per heavy atom. The van der Waals surface area contributed by atoms with Crippen LogP contribution in [0.25, 0.3) is 0 Å². The molecule has 0 bridgehead atoms. The summed E-state index contributed by atoms with van der Waals surface area (Å²) in [5, 5.41) is 3.32. The summed E-state index contributed by atoms with van der Waals surface area (Å²) in [5.74, 6) is 0.0204. The first kappa shape index (κ1) is 12.1. The van der Waals surface area contributed by atoms with Gasteiger partial charge in [-0.2, -0.15) is 0 Å². The van der Waals surface area contributed by atoms with E-state index in [9.17, 15) is 9.59 Å². The minimum atomic E-state index is -0.444. The third-order valence-corrected chi connectivity index (χ3v) is 4.22. The van der Waals surface area contributed by atoms with Crippen LogP contribution in [-0.4, -0.2) is 11.8 Å². The van der Waals surface area contributed by atoms with Gasteiger partial charge in [0.1, 0.15) is 5.00 Å². The second-order valence-electron chi connectivity index (χ2n) is 4.60. The molecule has 2 amide bonds. The Balaban J connectivity index is 2.46. The largest absolute Gasteiger partial charge is 0.365 e. The van der Waals surface area contributed by atoms with Crippen molar-refractivity contribution in [1.82, 2.24) is 0 Å². The van der Waals surface area contributed by atoms with Crippen LogP contribution in [0, 0.1) is 5.92 Å². The molecular weight excluding hydrogens is 236 g/mol. The van der Waals surface area contributed by atoms with E-state index in [1.165, 1.54) is 23.1 Å². The van der Waals surface area contributed by atoms with Gasteiger partial charge >= 0.3 is 0 Å². The first-order chi connectivity index (χ1) is 7.99. The minimum absolute atomic E-state index is 0.167. The molecule has 3 N–H and O–H groups in total. The van der Waals surface area contributed by atoms with Crippen molar-refractivity contribution in [3.05, 3.63) is 16.0 Å². The highest BCUT2D eigenvalue weighted by Crippen LogP contribution is 2.39. The first-order valence-electron chi connectivity index (χ1n) is 5.71. The summed E-state index contributed by atoms with van der Waals surface area (Å²) in [5.41, 5.74) is 6.98. The summed E-state index contributed by atoms with van der Waals surface area (Å²) in [4.78, 5) is 23.8. The Morgan fingerprint density at radius 1 is 1.47 bits per heavy atom. The van der Waals surface area contributed by atoms with Crippen molar-refractivity contribution in [2.24, 2.45) is 11.7 Å². The van der Waals surface area contributed by atoms with Crippen LogP contribution in [0.2, 0.25) is 0 Å². The van der Waals surface area contributed by atoms with E-state index in [0.717, 1.165) is 24.8 Å². The second kappa shape index (κ2) is 4.49. The third-order valence-electron chi connectivity index (χ3n) is 3.05. The Kier molecular flexibility index (Phi) is 3.19. The maximum absolute atomic E-state index is 11.5. The molecule has 1 atom stereocenters. The van der Waals surface area contributed by atoms with Crippen LogP contribution in [0.15, 0.2) is 0 Å². The van der Waals surface area contributed by atoms with E-state index in [-0.39, 0.29) is 5.91 Å². The van der Waals surface area contributed by atoms with Gasteiger partial charge in [-0.05, 0) is 30.7 Å². The van der Waals surface area contributed by atoms with Gasteiger partial charge in [0.25, 0.3) is 5.91 Å². The molecule has 0 aromatic carbocycles. The zero-order chi connectivity index (χ0) is 12.6. The first-order valence-corrected chi connectivity index (χ1v) is 6.52. The summed E-state index contributed by atoms with van der Waals surface area (Å²) >= 11 is 1.49. The fraction of sp³-hybridized carbons (Fsp3) is 0.500. The maximum Gasteiger partial charge on any atom is 0.251 e. The van der Waals surface area contributed by atoms with E-state index in [1.54, 1.807) is 0 Å². The van der Waals surface area contributed by atoms with Crippen LogP contribution in [0.3, 0.4) is 0 Å². The summed E-state index contributed by atoms with van der Waals surface area (Å²) in [6.07, 6.45) is 2.92. The van der Waals surface area contributed by atoms with E-state index in [1.807, 2.05) is 0 Å². The second-order valence-corrected chi connectivity index (χ2v) is 5.71. The number of amides is 2. The number of hydrogen-bond acceptors (Lipinski definition) is 3. The minimum Gasteiger partial charge on any atom is -0.365 e. The lowest BCUT2D eigenvalue weighted by molar-refractivity contribution is -0.114. The number of hydrogen-bond donors (Lipinski definition) is 2. The molecule has 1 unspecified atom stereocenters. The van der Waals surface area contributed by atoms with Crippen molar-refractivity contribution in [3.8, 4) is 0 Å².